The zero-order valence-corrected chi connectivity index (χ0v) is 21.2. The van der Waals surface area contributed by atoms with E-state index < -0.39 is 63.5 Å². The number of hydrogen-bond donors (Lipinski definition) is 2. The summed E-state index contributed by atoms with van der Waals surface area (Å²) >= 11 is 0. The maximum absolute atomic E-state index is 12.6. The molecule has 0 aliphatic heterocycles. The highest BCUT2D eigenvalue weighted by Crippen LogP contribution is 2.35. The number of aliphatic carboxylic acids is 2. The van der Waals surface area contributed by atoms with Crippen molar-refractivity contribution in [2.24, 2.45) is 35.5 Å². The van der Waals surface area contributed by atoms with Crippen LogP contribution in [0.4, 0.5) is 0 Å². The van der Waals surface area contributed by atoms with Gasteiger partial charge >= 0.3 is 17.9 Å². The number of carbonyl (C=O) groups is 3. The summed E-state index contributed by atoms with van der Waals surface area (Å²) in [5, 5.41) is 41.4. The maximum atomic E-state index is 12.6. The van der Waals surface area contributed by atoms with Crippen LogP contribution in [0, 0.1) is 55.7 Å². The van der Waals surface area contributed by atoms with Crippen molar-refractivity contribution in [3.63, 3.8) is 0 Å². The molecule has 0 amide bonds. The number of nitrogens with zero attached hydrogens (tertiary/aromatic N) is 2. The zero-order valence-electron chi connectivity index (χ0n) is 21.2. The van der Waals surface area contributed by atoms with Gasteiger partial charge in [-0.1, -0.05) is 0 Å². The van der Waals surface area contributed by atoms with Gasteiger partial charge in [0.25, 0.3) is 0 Å². The van der Waals surface area contributed by atoms with Crippen molar-refractivity contribution in [2.75, 3.05) is 19.8 Å². The molecule has 2 N–H and O–H groups in total. The van der Waals surface area contributed by atoms with Gasteiger partial charge in [0.2, 0.25) is 12.1 Å². The van der Waals surface area contributed by atoms with Crippen LogP contribution in [-0.2, 0) is 28.9 Å². The maximum Gasteiger partial charge on any atom is 0.314 e. The summed E-state index contributed by atoms with van der Waals surface area (Å²) in [6, 6.07) is -2.42. The largest absolute Gasteiger partial charge is 0.481 e. The van der Waals surface area contributed by atoms with Crippen molar-refractivity contribution in [1.29, 1.82) is 0 Å². The molecule has 0 aromatic heterocycles. The highest BCUT2D eigenvalue weighted by molar-refractivity contribution is 5.81. The fraction of sp³-hybridized carbons (Fsp3) is 0.875. The minimum absolute atomic E-state index is 0.0254. The highest BCUT2D eigenvalue weighted by atomic mass is 17.2. The van der Waals surface area contributed by atoms with E-state index in [2.05, 4.69) is 0 Å². The van der Waals surface area contributed by atoms with Crippen molar-refractivity contribution in [2.45, 2.75) is 76.3 Å². The van der Waals surface area contributed by atoms with Crippen LogP contribution in [0.3, 0.4) is 0 Å². The smallest absolute Gasteiger partial charge is 0.314 e. The standard InChI is InChI=1S/C24H36N2O12/c27-22(28)20-16(3-1-5-18(20)25(32)33)13-38-37-12-15-9-7-14(8-10-15)11-36-24(31)17-4-2-6-19(26(34)35)21(17)23(29)30/h14-21H,1-13H2,(H,27,28)(H,29,30). The summed E-state index contributed by atoms with van der Waals surface area (Å²) in [4.78, 5) is 67.7. The summed E-state index contributed by atoms with van der Waals surface area (Å²) in [7, 11) is 0. The molecule has 0 radical (unpaired) electrons. The number of esters is 1. The number of carbonyl (C=O) groups excluding carboxylic acids is 1. The molecule has 3 aliphatic carbocycles. The van der Waals surface area contributed by atoms with Gasteiger partial charge in [-0.25, -0.2) is 9.78 Å². The molecule has 0 heterocycles. The average molecular weight is 545 g/mol. The predicted molar refractivity (Wildman–Crippen MR) is 127 cm³/mol. The summed E-state index contributed by atoms with van der Waals surface area (Å²) in [6.45, 7) is 0.396. The molecule has 3 aliphatic rings. The Balaban J connectivity index is 1.36. The Hall–Kier alpha value is -2.87. The molecule has 6 unspecified atom stereocenters. The van der Waals surface area contributed by atoms with Gasteiger partial charge in [-0.05, 0) is 63.2 Å². The SMILES string of the molecule is O=C(OCC1CCC(COOCC2CCCC([N+](=O)[O-])C2C(=O)O)CC1)C1CCCC([N+](=O)[O-])C1C(=O)O. The number of rotatable bonds is 12. The molecule has 3 rings (SSSR count). The van der Waals surface area contributed by atoms with Gasteiger partial charge in [-0.2, -0.15) is 0 Å². The van der Waals surface area contributed by atoms with E-state index in [1.54, 1.807) is 0 Å². The molecule has 38 heavy (non-hydrogen) atoms. The second-order valence-electron chi connectivity index (χ2n) is 10.7. The van der Waals surface area contributed by atoms with E-state index in [-0.39, 0.29) is 44.3 Å². The van der Waals surface area contributed by atoms with Gasteiger partial charge in [0, 0.05) is 28.6 Å². The van der Waals surface area contributed by atoms with Crippen molar-refractivity contribution in [1.82, 2.24) is 0 Å². The monoisotopic (exact) mass is 544 g/mol. The van der Waals surface area contributed by atoms with Crippen LogP contribution < -0.4 is 0 Å². The van der Waals surface area contributed by atoms with E-state index in [4.69, 9.17) is 14.5 Å². The van der Waals surface area contributed by atoms with Crippen LogP contribution in [0.2, 0.25) is 0 Å². The normalized spacial score (nSPS) is 33.7. The lowest BCUT2D eigenvalue weighted by molar-refractivity contribution is -0.535. The first-order valence-corrected chi connectivity index (χ1v) is 13.2. The van der Waals surface area contributed by atoms with E-state index in [1.807, 2.05) is 0 Å². The number of nitro groups is 2. The van der Waals surface area contributed by atoms with Gasteiger partial charge in [0.05, 0.1) is 25.7 Å². The third kappa shape index (κ3) is 7.59. The Kier molecular flexibility index (Phi) is 10.8. The van der Waals surface area contributed by atoms with Crippen LogP contribution in [-0.4, -0.2) is 69.9 Å². The molecule has 3 fully saturated rings. The first-order chi connectivity index (χ1) is 18.1. The number of carboxylic acid groups (broad SMARTS) is 2. The number of carboxylic acids is 2. The lowest BCUT2D eigenvalue weighted by Gasteiger charge is -2.31. The summed E-state index contributed by atoms with van der Waals surface area (Å²) in [5.74, 6) is -6.97. The van der Waals surface area contributed by atoms with Gasteiger partial charge in [0.1, 0.15) is 11.8 Å². The van der Waals surface area contributed by atoms with Crippen molar-refractivity contribution in [3.8, 4) is 0 Å². The van der Waals surface area contributed by atoms with Gasteiger partial charge < -0.3 is 14.9 Å². The van der Waals surface area contributed by atoms with Gasteiger partial charge in [-0.3, -0.25) is 34.6 Å². The third-order valence-corrected chi connectivity index (χ3v) is 8.37. The summed E-state index contributed by atoms with van der Waals surface area (Å²) in [5.41, 5.74) is 0. The second kappa shape index (κ2) is 13.8. The molecule has 3 saturated carbocycles. The van der Waals surface area contributed by atoms with Crippen LogP contribution in [0.25, 0.3) is 0 Å². The van der Waals surface area contributed by atoms with Crippen molar-refractivity contribution in [3.05, 3.63) is 20.2 Å². The van der Waals surface area contributed by atoms with E-state index in [9.17, 15) is 44.8 Å². The topological polar surface area (TPSA) is 206 Å². The molecule has 14 heteroatoms. The Bertz CT molecular complexity index is 874. The molecule has 6 atom stereocenters. The van der Waals surface area contributed by atoms with Crippen molar-refractivity contribution < 1.29 is 49.0 Å². The molecule has 14 nitrogen and oxygen atoms in total. The average Bonchev–Trinajstić information content (AvgIpc) is 2.89. The first-order valence-electron chi connectivity index (χ1n) is 13.2. The number of ether oxygens (including phenoxy) is 1. The molecular weight excluding hydrogens is 508 g/mol. The van der Waals surface area contributed by atoms with Gasteiger partial charge in [0.15, 0.2) is 0 Å². The fourth-order valence-corrected chi connectivity index (χ4v) is 6.22. The minimum Gasteiger partial charge on any atom is -0.481 e. The molecular formula is C24H36N2O12. The lowest BCUT2D eigenvalue weighted by atomic mass is 9.76. The van der Waals surface area contributed by atoms with Crippen molar-refractivity contribution >= 4 is 17.9 Å². The molecule has 0 aromatic carbocycles. The van der Waals surface area contributed by atoms with E-state index in [0.29, 0.717) is 25.9 Å². The van der Waals surface area contributed by atoms with E-state index in [0.717, 1.165) is 25.7 Å². The predicted octanol–water partition coefficient (Wildman–Crippen LogP) is 2.58. The Labute approximate surface area is 219 Å². The van der Waals surface area contributed by atoms with Gasteiger partial charge in [-0.15, -0.1) is 0 Å². The van der Waals surface area contributed by atoms with Crippen LogP contribution in [0.15, 0.2) is 0 Å². The molecule has 0 spiro atoms. The fourth-order valence-electron chi connectivity index (χ4n) is 6.22. The Morgan fingerprint density at radius 3 is 1.74 bits per heavy atom. The van der Waals surface area contributed by atoms with Crippen LogP contribution >= 0.6 is 0 Å². The summed E-state index contributed by atoms with van der Waals surface area (Å²) in [6.07, 6.45) is 5.16. The Morgan fingerprint density at radius 2 is 1.18 bits per heavy atom. The summed E-state index contributed by atoms with van der Waals surface area (Å²) < 4.78 is 5.41. The zero-order chi connectivity index (χ0) is 27.8. The quantitative estimate of drug-likeness (QED) is 0.119. The first kappa shape index (κ1) is 29.7. The van der Waals surface area contributed by atoms with E-state index in [1.165, 1.54) is 0 Å². The van der Waals surface area contributed by atoms with Crippen LogP contribution in [0.1, 0.15) is 64.2 Å². The third-order valence-electron chi connectivity index (χ3n) is 8.37. The lowest BCUT2D eigenvalue weighted by Crippen LogP contribution is -2.46. The number of hydrogen-bond acceptors (Lipinski definition) is 10. The molecule has 0 aromatic rings. The highest BCUT2D eigenvalue weighted by Gasteiger charge is 2.49. The minimum atomic E-state index is -1.39. The molecule has 0 saturated heterocycles. The van der Waals surface area contributed by atoms with E-state index >= 15 is 0 Å². The second-order valence-corrected chi connectivity index (χ2v) is 10.7. The molecule has 214 valence electrons. The Morgan fingerprint density at radius 1 is 0.684 bits per heavy atom. The molecule has 0 bridgehead atoms. The van der Waals surface area contributed by atoms with Crippen LogP contribution in [0.5, 0.6) is 0 Å².